The van der Waals surface area contributed by atoms with E-state index in [1.165, 1.54) is 19.3 Å². The molecule has 0 radical (unpaired) electrons. The van der Waals surface area contributed by atoms with Gasteiger partial charge in [-0.3, -0.25) is 4.79 Å². The van der Waals surface area contributed by atoms with E-state index in [0.29, 0.717) is 23.5 Å². The zero-order chi connectivity index (χ0) is 16.5. The number of ether oxygens (including phenoxy) is 2. The van der Waals surface area contributed by atoms with Crippen LogP contribution in [0.15, 0.2) is 11.6 Å². The maximum absolute atomic E-state index is 12.5. The van der Waals surface area contributed by atoms with Crippen molar-refractivity contribution in [3.63, 3.8) is 0 Å². The van der Waals surface area contributed by atoms with Crippen molar-refractivity contribution in [1.29, 1.82) is 0 Å². The standard InChI is InChI=1S/C21H30O3/c1-13-11-14-12-21(23-9-10-24-21)8-6-15(14)16-5-7-20(2)17(19(13)16)3-4-18(20)22/h12-13,15-17,19H,3-11H2,1-2H3/t13-,15+,16-,17+,19-,20+/m1/s1. The summed E-state index contributed by atoms with van der Waals surface area (Å²) in [6, 6.07) is 0. The van der Waals surface area contributed by atoms with Crippen molar-refractivity contribution in [1.82, 2.24) is 0 Å². The van der Waals surface area contributed by atoms with E-state index in [0.717, 1.165) is 50.7 Å². The lowest BCUT2D eigenvalue weighted by Gasteiger charge is -2.55. The summed E-state index contributed by atoms with van der Waals surface area (Å²) < 4.78 is 11.9. The lowest BCUT2D eigenvalue weighted by molar-refractivity contribution is -0.139. The number of hydrogen-bond acceptors (Lipinski definition) is 3. The van der Waals surface area contributed by atoms with Gasteiger partial charge in [0.25, 0.3) is 0 Å². The summed E-state index contributed by atoms with van der Waals surface area (Å²) in [5, 5.41) is 0. The van der Waals surface area contributed by atoms with Crippen LogP contribution < -0.4 is 0 Å². The highest BCUT2D eigenvalue weighted by atomic mass is 16.7. The van der Waals surface area contributed by atoms with Gasteiger partial charge in [0, 0.05) is 18.3 Å². The Morgan fingerprint density at radius 2 is 1.92 bits per heavy atom. The van der Waals surface area contributed by atoms with Gasteiger partial charge in [-0.1, -0.05) is 19.4 Å². The summed E-state index contributed by atoms with van der Waals surface area (Å²) >= 11 is 0. The van der Waals surface area contributed by atoms with E-state index in [9.17, 15) is 4.79 Å². The smallest absolute Gasteiger partial charge is 0.188 e. The first-order valence-electron chi connectivity index (χ1n) is 10.1. The second-order valence-electron chi connectivity index (χ2n) is 9.32. The van der Waals surface area contributed by atoms with Crippen molar-refractivity contribution in [3.8, 4) is 0 Å². The van der Waals surface area contributed by atoms with Crippen LogP contribution in [-0.4, -0.2) is 24.8 Å². The van der Waals surface area contributed by atoms with Gasteiger partial charge >= 0.3 is 0 Å². The first kappa shape index (κ1) is 15.6. The first-order chi connectivity index (χ1) is 11.5. The number of rotatable bonds is 0. The van der Waals surface area contributed by atoms with E-state index in [2.05, 4.69) is 19.9 Å². The lowest BCUT2D eigenvalue weighted by atomic mass is 9.49. The summed E-state index contributed by atoms with van der Waals surface area (Å²) in [6.07, 6.45) is 10.1. The normalized spacial score (nSPS) is 49.5. The number of carbonyl (C=O) groups is 1. The summed E-state index contributed by atoms with van der Waals surface area (Å²) in [7, 11) is 0. The highest BCUT2D eigenvalue weighted by Gasteiger charge is 2.58. The second kappa shape index (κ2) is 5.17. The van der Waals surface area contributed by atoms with E-state index in [4.69, 9.17) is 9.47 Å². The molecule has 3 nitrogen and oxygen atoms in total. The van der Waals surface area contributed by atoms with E-state index in [1.54, 1.807) is 5.57 Å². The molecule has 4 aliphatic carbocycles. The largest absolute Gasteiger partial charge is 0.344 e. The highest BCUT2D eigenvalue weighted by molar-refractivity contribution is 5.87. The Bertz CT molecular complexity index is 588. The summed E-state index contributed by atoms with van der Waals surface area (Å²) in [5.74, 6) is 3.71. The maximum atomic E-state index is 12.5. The van der Waals surface area contributed by atoms with Crippen LogP contribution in [0, 0.1) is 35.0 Å². The number of allylic oxidation sites excluding steroid dienone is 1. The van der Waals surface area contributed by atoms with Gasteiger partial charge in [0.2, 0.25) is 0 Å². The second-order valence-corrected chi connectivity index (χ2v) is 9.32. The fourth-order valence-corrected chi connectivity index (χ4v) is 7.19. The average Bonchev–Trinajstić information content (AvgIpc) is 3.12. The number of carbonyl (C=O) groups excluding carboxylic acids is 1. The Balaban J connectivity index is 1.47. The zero-order valence-corrected chi connectivity index (χ0v) is 15.1. The third kappa shape index (κ3) is 2.00. The Kier molecular flexibility index (Phi) is 3.35. The molecule has 0 aromatic carbocycles. The molecule has 132 valence electrons. The van der Waals surface area contributed by atoms with Crippen molar-refractivity contribution in [3.05, 3.63) is 11.6 Å². The van der Waals surface area contributed by atoms with E-state index < -0.39 is 5.79 Å². The van der Waals surface area contributed by atoms with E-state index in [1.807, 2.05) is 0 Å². The van der Waals surface area contributed by atoms with Gasteiger partial charge in [0.1, 0.15) is 5.78 Å². The minimum atomic E-state index is -0.398. The Morgan fingerprint density at radius 3 is 2.71 bits per heavy atom. The fraction of sp³-hybridized carbons (Fsp3) is 0.857. The van der Waals surface area contributed by atoms with Gasteiger partial charge in [0.15, 0.2) is 5.79 Å². The molecule has 3 heteroatoms. The third-order valence-electron chi connectivity index (χ3n) is 8.29. The highest BCUT2D eigenvalue weighted by Crippen LogP contribution is 2.62. The van der Waals surface area contributed by atoms with Crippen molar-refractivity contribution in [2.75, 3.05) is 13.2 Å². The predicted molar refractivity (Wildman–Crippen MR) is 91.3 cm³/mol. The maximum Gasteiger partial charge on any atom is 0.188 e. The van der Waals surface area contributed by atoms with Gasteiger partial charge in [0.05, 0.1) is 13.2 Å². The molecule has 1 saturated heterocycles. The fourth-order valence-electron chi connectivity index (χ4n) is 7.19. The molecule has 4 fully saturated rings. The van der Waals surface area contributed by atoms with Crippen molar-refractivity contribution < 1.29 is 14.3 Å². The first-order valence-corrected chi connectivity index (χ1v) is 10.1. The SMILES string of the molecule is C[C@@H]1CC2=CC3(CC[C@@H]2[C@H]2CC[C@]4(C)C(=O)CC[C@H]4[C@@H]21)OCCO3. The molecule has 0 bridgehead atoms. The molecule has 6 atom stereocenters. The van der Waals surface area contributed by atoms with Crippen LogP contribution in [0.4, 0.5) is 0 Å². The van der Waals surface area contributed by atoms with Gasteiger partial charge in [-0.05, 0) is 67.8 Å². The molecule has 1 heterocycles. The van der Waals surface area contributed by atoms with Gasteiger partial charge < -0.3 is 9.47 Å². The molecule has 5 rings (SSSR count). The minimum Gasteiger partial charge on any atom is -0.344 e. The minimum absolute atomic E-state index is 0.00971. The zero-order valence-electron chi connectivity index (χ0n) is 15.1. The quantitative estimate of drug-likeness (QED) is 0.627. The Hall–Kier alpha value is -0.670. The van der Waals surface area contributed by atoms with Crippen molar-refractivity contribution >= 4 is 5.78 Å². The molecule has 3 saturated carbocycles. The molecule has 5 aliphatic rings. The van der Waals surface area contributed by atoms with E-state index in [-0.39, 0.29) is 5.41 Å². The molecule has 0 aromatic heterocycles. The molecule has 0 aromatic rings. The van der Waals surface area contributed by atoms with Crippen LogP contribution in [-0.2, 0) is 14.3 Å². The third-order valence-corrected chi connectivity index (χ3v) is 8.29. The molecule has 0 N–H and O–H groups in total. The number of ketones is 1. The monoisotopic (exact) mass is 330 g/mol. The van der Waals surface area contributed by atoms with Crippen LogP contribution >= 0.6 is 0 Å². The van der Waals surface area contributed by atoms with Crippen LogP contribution in [0.25, 0.3) is 0 Å². The van der Waals surface area contributed by atoms with Crippen LogP contribution in [0.3, 0.4) is 0 Å². The molecule has 1 aliphatic heterocycles. The molecule has 0 amide bonds. The molecule has 1 spiro atoms. The molecule has 0 unspecified atom stereocenters. The predicted octanol–water partition coefficient (Wildman–Crippen LogP) is 4.12. The molecule has 24 heavy (non-hydrogen) atoms. The lowest BCUT2D eigenvalue weighted by Crippen LogP contribution is -2.50. The van der Waals surface area contributed by atoms with Crippen LogP contribution in [0.2, 0.25) is 0 Å². The van der Waals surface area contributed by atoms with Gasteiger partial charge in [-0.25, -0.2) is 0 Å². The number of Topliss-reactive ketones (excluding diaryl/α,β-unsaturated/α-hetero) is 1. The Morgan fingerprint density at radius 1 is 1.12 bits per heavy atom. The summed E-state index contributed by atoms with van der Waals surface area (Å²) in [5.41, 5.74) is 1.59. The molecular formula is C21H30O3. The van der Waals surface area contributed by atoms with Crippen molar-refractivity contribution in [2.45, 2.75) is 64.6 Å². The number of hydrogen-bond donors (Lipinski definition) is 0. The average molecular weight is 330 g/mol. The summed E-state index contributed by atoms with van der Waals surface area (Å²) in [4.78, 5) is 12.5. The number of fused-ring (bicyclic) bond motifs is 5. The topological polar surface area (TPSA) is 35.5 Å². The van der Waals surface area contributed by atoms with Gasteiger partial charge in [-0.15, -0.1) is 0 Å². The Labute approximate surface area is 145 Å². The summed E-state index contributed by atoms with van der Waals surface area (Å²) in [6.45, 7) is 6.18. The van der Waals surface area contributed by atoms with Crippen LogP contribution in [0.5, 0.6) is 0 Å². The van der Waals surface area contributed by atoms with Crippen molar-refractivity contribution in [2.24, 2.45) is 35.0 Å². The van der Waals surface area contributed by atoms with Gasteiger partial charge in [-0.2, -0.15) is 0 Å². The molecular weight excluding hydrogens is 300 g/mol. The van der Waals surface area contributed by atoms with Crippen LogP contribution in [0.1, 0.15) is 58.8 Å². The van der Waals surface area contributed by atoms with E-state index >= 15 is 0 Å².